The highest BCUT2D eigenvalue weighted by molar-refractivity contribution is 5.89. The lowest BCUT2D eigenvalue weighted by Crippen LogP contribution is -2.43. The van der Waals surface area contributed by atoms with Crippen molar-refractivity contribution in [2.45, 2.75) is 19.1 Å². The predicted molar refractivity (Wildman–Crippen MR) is 87.6 cm³/mol. The highest BCUT2D eigenvalue weighted by Crippen LogP contribution is 2.13. The molecule has 1 saturated heterocycles. The van der Waals surface area contributed by atoms with Crippen LogP contribution in [0.25, 0.3) is 0 Å². The summed E-state index contributed by atoms with van der Waals surface area (Å²) in [5, 5.41) is 9.04. The van der Waals surface area contributed by atoms with Crippen LogP contribution in [-0.4, -0.2) is 58.9 Å². The minimum Gasteiger partial charge on any atom is -0.466 e. The molecule has 0 bridgehead atoms. The van der Waals surface area contributed by atoms with Crippen molar-refractivity contribution in [1.29, 1.82) is 0 Å². The summed E-state index contributed by atoms with van der Waals surface area (Å²) >= 11 is 0. The number of nitrogens with zero attached hydrogens (tertiary/aromatic N) is 3. The molecule has 8 nitrogen and oxygen atoms in total. The van der Waals surface area contributed by atoms with Crippen molar-refractivity contribution < 1.29 is 14.3 Å². The first-order chi connectivity index (χ1) is 11.7. The van der Waals surface area contributed by atoms with Crippen molar-refractivity contribution in [1.82, 2.24) is 20.1 Å². The van der Waals surface area contributed by atoms with Gasteiger partial charge in [0.25, 0.3) is 0 Å². The number of ether oxygens (including phenoxy) is 2. The van der Waals surface area contributed by atoms with Crippen LogP contribution in [0, 0.1) is 0 Å². The third kappa shape index (κ3) is 4.53. The normalized spacial score (nSPS) is 18.3. The predicted octanol–water partition coefficient (Wildman–Crippen LogP) is 1.04. The van der Waals surface area contributed by atoms with E-state index >= 15 is 0 Å². The fraction of sp³-hybridized carbons (Fsp3) is 0.438. The molecule has 0 radical (unpaired) electrons. The quantitative estimate of drug-likeness (QED) is 0.822. The zero-order valence-electron chi connectivity index (χ0n) is 13.6. The Kier molecular flexibility index (Phi) is 5.39. The minimum absolute atomic E-state index is 0.132. The molecule has 24 heavy (non-hydrogen) atoms. The molecule has 1 atom stereocenters. The van der Waals surface area contributed by atoms with E-state index in [4.69, 9.17) is 9.47 Å². The van der Waals surface area contributed by atoms with E-state index in [0.717, 1.165) is 19.6 Å². The van der Waals surface area contributed by atoms with Crippen LogP contribution >= 0.6 is 0 Å². The van der Waals surface area contributed by atoms with Gasteiger partial charge in [-0.2, -0.15) is 4.98 Å². The number of aromatic amines is 1. The summed E-state index contributed by atoms with van der Waals surface area (Å²) in [6.45, 7) is 3.08. The number of benzene rings is 1. The number of hydrogen-bond donors (Lipinski definition) is 2. The Morgan fingerprint density at radius 1 is 1.46 bits per heavy atom. The molecule has 1 aliphatic heterocycles. The number of carbonyl (C=O) groups is 1. The van der Waals surface area contributed by atoms with Crippen LogP contribution in [0.3, 0.4) is 0 Å². The first kappa shape index (κ1) is 16.4. The smallest absolute Gasteiger partial charge is 0.336 e. The number of amides is 1. The molecule has 2 aromatic rings. The lowest BCUT2D eigenvalue weighted by molar-refractivity contribution is -0.121. The maximum Gasteiger partial charge on any atom is 0.336 e. The summed E-state index contributed by atoms with van der Waals surface area (Å²) in [7, 11) is 1.46. The van der Waals surface area contributed by atoms with Gasteiger partial charge in [0.1, 0.15) is 0 Å². The van der Waals surface area contributed by atoms with E-state index in [2.05, 4.69) is 37.5 Å². The fourth-order valence-corrected chi connectivity index (χ4v) is 2.67. The van der Waals surface area contributed by atoms with Crippen molar-refractivity contribution >= 4 is 11.9 Å². The molecule has 1 amide bonds. The highest BCUT2D eigenvalue weighted by Gasteiger charge is 2.23. The van der Waals surface area contributed by atoms with E-state index in [1.807, 2.05) is 18.2 Å². The Hall–Kier alpha value is -2.45. The maximum atomic E-state index is 12.1. The number of anilines is 1. The molecule has 0 aliphatic carbocycles. The number of carbonyl (C=O) groups excluding carboxylic acids is 1. The van der Waals surface area contributed by atoms with E-state index in [0.29, 0.717) is 6.61 Å². The average Bonchev–Trinajstić information content (AvgIpc) is 3.03. The molecule has 0 unspecified atom stereocenters. The Morgan fingerprint density at radius 2 is 2.29 bits per heavy atom. The van der Waals surface area contributed by atoms with E-state index in [1.165, 1.54) is 12.7 Å². The molecule has 1 aromatic carbocycles. The monoisotopic (exact) mass is 331 g/mol. The number of nitrogens with one attached hydrogen (secondary N) is 2. The van der Waals surface area contributed by atoms with Gasteiger partial charge in [-0.05, 0) is 5.56 Å². The standard InChI is InChI=1S/C16H21N5O3/c1-23-16-18-15(19-20-16)17-14(22)9-13-11-21(7-8-24-13)10-12-5-3-2-4-6-12/h2-6,13H,7-11H2,1H3,(H2,17,18,19,20,22)/t13-/m0/s1. The highest BCUT2D eigenvalue weighted by atomic mass is 16.5. The second kappa shape index (κ2) is 7.89. The van der Waals surface area contributed by atoms with E-state index in [1.54, 1.807) is 0 Å². The molecule has 128 valence electrons. The lowest BCUT2D eigenvalue weighted by atomic mass is 10.1. The number of rotatable bonds is 6. The minimum atomic E-state index is -0.166. The first-order valence-electron chi connectivity index (χ1n) is 7.87. The molecule has 0 saturated carbocycles. The Labute approximate surface area is 140 Å². The Bertz CT molecular complexity index is 661. The topological polar surface area (TPSA) is 92.4 Å². The summed E-state index contributed by atoms with van der Waals surface area (Å²) in [5.41, 5.74) is 1.26. The van der Waals surface area contributed by atoms with Gasteiger partial charge in [0.2, 0.25) is 11.9 Å². The number of methoxy groups -OCH3 is 1. The third-order valence-electron chi connectivity index (χ3n) is 3.79. The van der Waals surface area contributed by atoms with Gasteiger partial charge in [0.05, 0.1) is 26.2 Å². The second-order valence-corrected chi connectivity index (χ2v) is 5.64. The number of morpholine rings is 1. The maximum absolute atomic E-state index is 12.1. The molecule has 2 N–H and O–H groups in total. The fourth-order valence-electron chi connectivity index (χ4n) is 2.67. The zero-order valence-corrected chi connectivity index (χ0v) is 13.6. The van der Waals surface area contributed by atoms with Crippen LogP contribution in [0.1, 0.15) is 12.0 Å². The summed E-state index contributed by atoms with van der Waals surface area (Å²) in [6.07, 6.45) is 0.140. The van der Waals surface area contributed by atoms with Crippen LogP contribution in [0.15, 0.2) is 30.3 Å². The van der Waals surface area contributed by atoms with Gasteiger partial charge in [-0.25, -0.2) is 5.10 Å². The summed E-state index contributed by atoms with van der Waals surface area (Å²) in [6, 6.07) is 10.5. The molecule has 3 rings (SSSR count). The summed E-state index contributed by atoms with van der Waals surface area (Å²) in [4.78, 5) is 18.4. The molecule has 0 spiro atoms. The van der Waals surface area contributed by atoms with Gasteiger partial charge in [-0.15, -0.1) is 5.10 Å². The van der Waals surface area contributed by atoms with Gasteiger partial charge in [-0.1, -0.05) is 30.3 Å². The first-order valence-corrected chi connectivity index (χ1v) is 7.87. The molecular weight excluding hydrogens is 310 g/mol. The zero-order chi connectivity index (χ0) is 16.8. The van der Waals surface area contributed by atoms with Gasteiger partial charge in [-0.3, -0.25) is 15.0 Å². The van der Waals surface area contributed by atoms with Crippen LogP contribution < -0.4 is 10.1 Å². The Balaban J connectivity index is 1.48. The van der Waals surface area contributed by atoms with Crippen molar-refractivity contribution in [3.63, 3.8) is 0 Å². The van der Waals surface area contributed by atoms with E-state index in [9.17, 15) is 4.79 Å². The molecule has 8 heteroatoms. The van der Waals surface area contributed by atoms with Gasteiger partial charge in [0.15, 0.2) is 0 Å². The van der Waals surface area contributed by atoms with Gasteiger partial charge in [0, 0.05) is 19.6 Å². The van der Waals surface area contributed by atoms with Gasteiger partial charge >= 0.3 is 6.01 Å². The summed E-state index contributed by atoms with van der Waals surface area (Å²) < 4.78 is 10.6. The van der Waals surface area contributed by atoms with E-state index < -0.39 is 0 Å². The van der Waals surface area contributed by atoms with Crippen LogP contribution in [0.2, 0.25) is 0 Å². The molecular formula is C16H21N5O3. The largest absolute Gasteiger partial charge is 0.466 e. The van der Waals surface area contributed by atoms with Gasteiger partial charge < -0.3 is 9.47 Å². The number of hydrogen-bond acceptors (Lipinski definition) is 6. The lowest BCUT2D eigenvalue weighted by Gasteiger charge is -2.32. The van der Waals surface area contributed by atoms with Crippen LogP contribution in [0.4, 0.5) is 5.95 Å². The van der Waals surface area contributed by atoms with Crippen LogP contribution in [-0.2, 0) is 16.1 Å². The molecule has 1 fully saturated rings. The molecule has 1 aliphatic rings. The second-order valence-electron chi connectivity index (χ2n) is 5.64. The van der Waals surface area contributed by atoms with Crippen molar-refractivity contribution in [2.75, 3.05) is 32.1 Å². The Morgan fingerprint density at radius 3 is 3.04 bits per heavy atom. The summed E-state index contributed by atoms with van der Waals surface area (Å²) in [5.74, 6) is 0.106. The van der Waals surface area contributed by atoms with Crippen LogP contribution in [0.5, 0.6) is 6.01 Å². The molecule has 1 aromatic heterocycles. The SMILES string of the molecule is COc1n[nH]c(NC(=O)C[C@H]2CN(Cc3ccccc3)CCO2)n1. The average molecular weight is 331 g/mol. The third-order valence-corrected chi connectivity index (χ3v) is 3.79. The molecule has 2 heterocycles. The van der Waals surface area contributed by atoms with Crippen molar-refractivity contribution in [3.05, 3.63) is 35.9 Å². The number of aromatic nitrogens is 3. The number of H-pyrrole nitrogens is 1. The van der Waals surface area contributed by atoms with Crippen molar-refractivity contribution in [2.24, 2.45) is 0 Å². The van der Waals surface area contributed by atoms with Crippen molar-refractivity contribution in [3.8, 4) is 6.01 Å². The van der Waals surface area contributed by atoms with E-state index in [-0.39, 0.29) is 30.4 Å².